The zero-order valence-corrected chi connectivity index (χ0v) is 11.1. The highest BCUT2D eigenvalue weighted by Crippen LogP contribution is 2.37. The molecule has 10 heteroatoms. The number of aliphatic imine (C=N–C) groups is 1. The second kappa shape index (κ2) is 5.50. The van der Waals surface area contributed by atoms with Gasteiger partial charge in [-0.15, -0.1) is 0 Å². The molecule has 2 rings (SSSR count). The molecule has 0 aromatic carbocycles. The first-order valence-electron chi connectivity index (χ1n) is 5.54. The van der Waals surface area contributed by atoms with E-state index in [1.54, 1.807) is 0 Å². The summed E-state index contributed by atoms with van der Waals surface area (Å²) >= 11 is 0.591. The first-order chi connectivity index (χ1) is 9.83. The van der Waals surface area contributed by atoms with Crippen LogP contribution in [0.15, 0.2) is 32.7 Å². The third-order valence-electron chi connectivity index (χ3n) is 2.53. The number of amides is 1. The number of carbonyl (C=O) groups is 3. The highest BCUT2D eigenvalue weighted by atomic mass is 32.2. The molecule has 0 saturated carbocycles. The molecule has 0 aromatic rings. The van der Waals surface area contributed by atoms with Gasteiger partial charge in [-0.2, -0.15) is 5.10 Å². The summed E-state index contributed by atoms with van der Waals surface area (Å²) in [5.41, 5.74) is -0.0511. The Morgan fingerprint density at radius 2 is 2.19 bits per heavy atom. The number of nitrogens with zero attached hydrogens (tertiary/aromatic N) is 2. The van der Waals surface area contributed by atoms with Crippen molar-refractivity contribution in [1.82, 2.24) is 5.43 Å². The summed E-state index contributed by atoms with van der Waals surface area (Å²) in [5, 5.41) is 30.7. The monoisotopic (exact) mass is 311 g/mol. The molecule has 21 heavy (non-hydrogen) atoms. The summed E-state index contributed by atoms with van der Waals surface area (Å²) in [6.45, 7) is 0. The quantitative estimate of drug-likeness (QED) is 0.313. The van der Waals surface area contributed by atoms with E-state index in [0.29, 0.717) is 11.8 Å². The van der Waals surface area contributed by atoms with Crippen LogP contribution in [0.3, 0.4) is 0 Å². The number of thioether (sulfide) groups is 1. The number of carboxylic acids is 2. The number of fused-ring (bicyclic) bond motifs is 1. The molecule has 1 aliphatic heterocycles. The predicted octanol–water partition coefficient (Wildman–Crippen LogP) is -0.0586. The van der Waals surface area contributed by atoms with Crippen molar-refractivity contribution < 1.29 is 29.7 Å². The molecule has 1 heterocycles. The van der Waals surface area contributed by atoms with Gasteiger partial charge in [0.15, 0.2) is 0 Å². The molecule has 110 valence electrons. The standard InChI is InChI=1S/C11H9N3O6S/c15-6(16)2-4-12-14-11(20)3-1-5(9(17)18)7-8(11)13-10(19)21-7/h1,3-4,14,20H,2H2,(H,15,16)(H,17,18). The van der Waals surface area contributed by atoms with Crippen LogP contribution in [-0.2, 0) is 9.59 Å². The number of aliphatic hydroxyl groups is 1. The van der Waals surface area contributed by atoms with Crippen molar-refractivity contribution in [3.63, 3.8) is 0 Å². The zero-order chi connectivity index (χ0) is 15.6. The van der Waals surface area contributed by atoms with E-state index in [1.165, 1.54) is 0 Å². The van der Waals surface area contributed by atoms with Crippen molar-refractivity contribution in [3.05, 3.63) is 22.6 Å². The average molecular weight is 311 g/mol. The summed E-state index contributed by atoms with van der Waals surface area (Å²) in [5.74, 6) is -2.36. The third kappa shape index (κ3) is 3.01. The van der Waals surface area contributed by atoms with Crippen molar-refractivity contribution in [2.75, 3.05) is 0 Å². The fourth-order valence-corrected chi connectivity index (χ4v) is 2.50. The van der Waals surface area contributed by atoms with Crippen molar-refractivity contribution in [2.24, 2.45) is 10.1 Å². The summed E-state index contributed by atoms with van der Waals surface area (Å²) in [7, 11) is 0. The van der Waals surface area contributed by atoms with Crippen molar-refractivity contribution in [2.45, 2.75) is 12.1 Å². The van der Waals surface area contributed by atoms with Crippen LogP contribution in [0.2, 0.25) is 0 Å². The molecular weight excluding hydrogens is 302 g/mol. The number of carbonyl (C=O) groups excluding carboxylic acids is 1. The second-order valence-electron chi connectivity index (χ2n) is 4.00. The summed E-state index contributed by atoms with van der Waals surface area (Å²) in [4.78, 5) is 36.4. The van der Waals surface area contributed by atoms with E-state index in [2.05, 4.69) is 15.5 Å². The minimum Gasteiger partial charge on any atom is -0.481 e. The topological polar surface area (TPSA) is 149 Å². The van der Waals surface area contributed by atoms with E-state index in [9.17, 15) is 19.5 Å². The lowest BCUT2D eigenvalue weighted by Crippen LogP contribution is -2.49. The van der Waals surface area contributed by atoms with Gasteiger partial charge in [0.2, 0.25) is 5.72 Å². The van der Waals surface area contributed by atoms with E-state index < -0.39 is 22.9 Å². The largest absolute Gasteiger partial charge is 0.481 e. The predicted molar refractivity (Wildman–Crippen MR) is 73.1 cm³/mol. The molecule has 9 nitrogen and oxygen atoms in total. The average Bonchev–Trinajstić information content (AvgIpc) is 2.77. The van der Waals surface area contributed by atoms with Crippen LogP contribution in [0.1, 0.15) is 6.42 Å². The Morgan fingerprint density at radius 1 is 1.48 bits per heavy atom. The Labute approximate surface area is 121 Å². The maximum absolute atomic E-state index is 11.4. The fourth-order valence-electron chi connectivity index (χ4n) is 1.63. The lowest BCUT2D eigenvalue weighted by atomic mass is 9.97. The number of carboxylic acid groups (broad SMARTS) is 2. The van der Waals surface area contributed by atoms with E-state index in [0.717, 1.165) is 18.4 Å². The van der Waals surface area contributed by atoms with Crippen LogP contribution in [-0.4, -0.2) is 50.1 Å². The first-order valence-corrected chi connectivity index (χ1v) is 6.36. The second-order valence-corrected chi connectivity index (χ2v) is 4.96. The van der Waals surface area contributed by atoms with Crippen molar-refractivity contribution in [1.29, 1.82) is 0 Å². The van der Waals surface area contributed by atoms with Gasteiger partial charge in [0.1, 0.15) is 5.71 Å². The Morgan fingerprint density at radius 3 is 2.81 bits per heavy atom. The molecule has 1 aliphatic carbocycles. The lowest BCUT2D eigenvalue weighted by Gasteiger charge is -2.27. The van der Waals surface area contributed by atoms with Gasteiger partial charge < -0.3 is 15.3 Å². The minimum absolute atomic E-state index is 0.0263. The van der Waals surface area contributed by atoms with Crippen LogP contribution in [0.4, 0.5) is 4.79 Å². The van der Waals surface area contributed by atoms with Gasteiger partial charge in [0, 0.05) is 6.21 Å². The maximum Gasteiger partial charge on any atom is 0.336 e. The van der Waals surface area contributed by atoms with E-state index in [4.69, 9.17) is 10.2 Å². The fraction of sp³-hybridized carbons (Fsp3) is 0.182. The third-order valence-corrected chi connectivity index (χ3v) is 3.41. The summed E-state index contributed by atoms with van der Waals surface area (Å²) < 4.78 is 0. The van der Waals surface area contributed by atoms with Crippen LogP contribution in [0.25, 0.3) is 0 Å². The smallest absolute Gasteiger partial charge is 0.336 e. The molecule has 0 spiro atoms. The molecule has 1 unspecified atom stereocenters. The van der Waals surface area contributed by atoms with Crippen LogP contribution in [0, 0.1) is 0 Å². The van der Waals surface area contributed by atoms with Crippen LogP contribution >= 0.6 is 11.8 Å². The van der Waals surface area contributed by atoms with Crippen molar-refractivity contribution >= 4 is 40.9 Å². The number of aliphatic carboxylic acids is 2. The molecule has 2 aliphatic rings. The van der Waals surface area contributed by atoms with Gasteiger partial charge in [-0.05, 0) is 23.9 Å². The summed E-state index contributed by atoms with van der Waals surface area (Å²) in [6, 6.07) is 0. The molecule has 0 bridgehead atoms. The van der Waals surface area contributed by atoms with E-state index in [1.807, 2.05) is 0 Å². The minimum atomic E-state index is -1.97. The Balaban J connectivity index is 2.27. The summed E-state index contributed by atoms with van der Waals surface area (Å²) in [6.07, 6.45) is 2.85. The number of hydrogen-bond donors (Lipinski definition) is 4. The number of nitrogens with one attached hydrogen (secondary N) is 1. The van der Waals surface area contributed by atoms with Crippen molar-refractivity contribution in [3.8, 4) is 0 Å². The first kappa shape index (κ1) is 14.9. The van der Waals surface area contributed by atoms with Gasteiger partial charge >= 0.3 is 17.2 Å². The molecule has 0 radical (unpaired) electrons. The number of rotatable bonds is 5. The van der Waals surface area contributed by atoms with Crippen LogP contribution < -0.4 is 5.43 Å². The molecule has 0 aromatic heterocycles. The molecular formula is C11H9N3O6S. The number of hydrogen-bond acceptors (Lipinski definition) is 7. The molecule has 0 saturated heterocycles. The molecule has 4 N–H and O–H groups in total. The van der Waals surface area contributed by atoms with Crippen LogP contribution in [0.5, 0.6) is 0 Å². The maximum atomic E-state index is 11.4. The molecule has 1 atom stereocenters. The Hall–Kier alpha value is -2.46. The number of hydrazone groups is 1. The van der Waals surface area contributed by atoms with Gasteiger partial charge in [-0.3, -0.25) is 15.0 Å². The SMILES string of the molecule is O=C(O)CC=NNC1(O)C=CC(C(=O)O)=C2SC(=O)N=C21. The Bertz CT molecular complexity index is 650. The van der Waals surface area contributed by atoms with Gasteiger partial charge in [-0.1, -0.05) is 0 Å². The molecule has 0 fully saturated rings. The van der Waals surface area contributed by atoms with E-state index in [-0.39, 0.29) is 22.6 Å². The highest BCUT2D eigenvalue weighted by Gasteiger charge is 2.43. The van der Waals surface area contributed by atoms with Gasteiger partial charge in [0.25, 0.3) is 0 Å². The van der Waals surface area contributed by atoms with Gasteiger partial charge in [0.05, 0.1) is 16.9 Å². The van der Waals surface area contributed by atoms with E-state index >= 15 is 0 Å². The lowest BCUT2D eigenvalue weighted by molar-refractivity contribution is -0.135. The Kier molecular flexibility index (Phi) is 3.91. The molecule has 1 amide bonds. The van der Waals surface area contributed by atoms with Gasteiger partial charge in [-0.25, -0.2) is 9.79 Å². The zero-order valence-electron chi connectivity index (χ0n) is 10.3. The normalized spacial score (nSPS) is 24.2. The highest BCUT2D eigenvalue weighted by molar-refractivity contribution is 8.18.